The van der Waals surface area contributed by atoms with Crippen LogP contribution in [0, 0.1) is 5.92 Å². The Labute approximate surface area is 117 Å². The van der Waals surface area contributed by atoms with Crippen LogP contribution in [0.4, 0.5) is 4.39 Å². The molecule has 0 aromatic rings. The lowest BCUT2D eigenvalue weighted by molar-refractivity contribution is -0.124. The third-order valence-corrected chi connectivity index (χ3v) is 3.38. The van der Waals surface area contributed by atoms with Crippen molar-refractivity contribution in [3.05, 3.63) is 0 Å². The highest BCUT2D eigenvalue weighted by Gasteiger charge is 2.11. The maximum Gasteiger partial charge on any atom is 0.222 e. The second-order valence-electron chi connectivity index (χ2n) is 5.39. The number of nitrogens with one attached hydrogen (secondary N) is 1. The van der Waals surface area contributed by atoms with Crippen LogP contribution in [-0.4, -0.2) is 44.2 Å². The number of alkyl halides is 1. The van der Waals surface area contributed by atoms with Crippen LogP contribution < -0.4 is 5.32 Å². The van der Waals surface area contributed by atoms with Crippen molar-refractivity contribution in [2.75, 3.05) is 33.4 Å². The van der Waals surface area contributed by atoms with E-state index in [-0.39, 0.29) is 18.5 Å². The van der Waals surface area contributed by atoms with Gasteiger partial charge in [0.15, 0.2) is 0 Å². The van der Waals surface area contributed by atoms with Crippen molar-refractivity contribution in [3.63, 3.8) is 0 Å². The SMILES string of the molecule is CCCCN(C)CCCNC(=O)C(C)CCCCF. The zero-order chi connectivity index (χ0) is 14.5. The summed E-state index contributed by atoms with van der Waals surface area (Å²) in [6.45, 7) is 6.72. The average Bonchev–Trinajstić information content (AvgIpc) is 2.41. The van der Waals surface area contributed by atoms with Gasteiger partial charge in [0, 0.05) is 12.5 Å². The van der Waals surface area contributed by atoms with Gasteiger partial charge in [0.25, 0.3) is 0 Å². The number of amides is 1. The number of unbranched alkanes of at least 4 members (excludes halogenated alkanes) is 2. The molecule has 0 saturated heterocycles. The van der Waals surface area contributed by atoms with E-state index in [2.05, 4.69) is 24.2 Å². The summed E-state index contributed by atoms with van der Waals surface area (Å²) in [6, 6.07) is 0. The molecule has 0 heterocycles. The van der Waals surface area contributed by atoms with Gasteiger partial charge >= 0.3 is 0 Å². The molecule has 0 fully saturated rings. The maximum absolute atomic E-state index is 12.0. The van der Waals surface area contributed by atoms with Crippen LogP contribution in [0.25, 0.3) is 0 Å². The summed E-state index contributed by atoms with van der Waals surface area (Å²) in [7, 11) is 2.12. The van der Waals surface area contributed by atoms with E-state index in [1.54, 1.807) is 0 Å². The molecule has 0 aromatic carbocycles. The molecule has 1 amide bonds. The van der Waals surface area contributed by atoms with E-state index in [1.165, 1.54) is 12.8 Å². The van der Waals surface area contributed by atoms with E-state index in [0.717, 1.165) is 38.9 Å². The normalized spacial score (nSPS) is 12.7. The molecule has 0 aromatic heterocycles. The van der Waals surface area contributed by atoms with Crippen LogP contribution in [0.1, 0.15) is 52.4 Å². The number of rotatable bonds is 12. The molecule has 0 rings (SSSR count). The Hall–Kier alpha value is -0.640. The number of nitrogens with zero attached hydrogens (tertiary/aromatic N) is 1. The number of carbonyl (C=O) groups is 1. The lowest BCUT2D eigenvalue weighted by atomic mass is 10.0. The molecule has 19 heavy (non-hydrogen) atoms. The third-order valence-electron chi connectivity index (χ3n) is 3.38. The largest absolute Gasteiger partial charge is 0.356 e. The van der Waals surface area contributed by atoms with Crippen molar-refractivity contribution in [1.82, 2.24) is 10.2 Å². The van der Waals surface area contributed by atoms with Gasteiger partial charge in [-0.3, -0.25) is 9.18 Å². The summed E-state index contributed by atoms with van der Waals surface area (Å²) in [5.41, 5.74) is 0. The molecule has 0 aliphatic rings. The van der Waals surface area contributed by atoms with Gasteiger partial charge in [-0.2, -0.15) is 0 Å². The Balaban J connectivity index is 3.51. The highest BCUT2D eigenvalue weighted by molar-refractivity contribution is 5.78. The highest BCUT2D eigenvalue weighted by Crippen LogP contribution is 2.07. The van der Waals surface area contributed by atoms with Crippen LogP contribution in [0.2, 0.25) is 0 Å². The molecule has 0 bridgehead atoms. The monoisotopic (exact) mass is 274 g/mol. The molecule has 0 saturated carbocycles. The second-order valence-corrected chi connectivity index (χ2v) is 5.39. The third kappa shape index (κ3) is 10.9. The molecule has 1 unspecified atom stereocenters. The van der Waals surface area contributed by atoms with Gasteiger partial charge < -0.3 is 10.2 Å². The smallest absolute Gasteiger partial charge is 0.222 e. The topological polar surface area (TPSA) is 32.3 Å². The molecule has 1 N–H and O–H groups in total. The van der Waals surface area contributed by atoms with E-state index in [9.17, 15) is 9.18 Å². The van der Waals surface area contributed by atoms with Crippen molar-refractivity contribution in [1.29, 1.82) is 0 Å². The van der Waals surface area contributed by atoms with E-state index in [1.807, 2.05) is 6.92 Å². The Bertz CT molecular complexity index is 224. The van der Waals surface area contributed by atoms with Crippen molar-refractivity contribution >= 4 is 5.91 Å². The molecule has 1 atom stereocenters. The number of halogens is 1. The molecule has 0 radical (unpaired) electrons. The summed E-state index contributed by atoms with van der Waals surface area (Å²) in [6.07, 6.45) is 5.59. The van der Waals surface area contributed by atoms with E-state index >= 15 is 0 Å². The molecule has 4 heteroatoms. The standard InChI is InChI=1S/C15H31FN2O/c1-4-5-12-18(3)13-8-11-17-15(19)14(2)9-6-7-10-16/h14H,4-13H2,1-3H3,(H,17,19). The fraction of sp³-hybridized carbons (Fsp3) is 0.933. The molecular formula is C15H31FN2O. The van der Waals surface area contributed by atoms with Crippen LogP contribution in [0.5, 0.6) is 0 Å². The van der Waals surface area contributed by atoms with E-state index < -0.39 is 0 Å². The van der Waals surface area contributed by atoms with Gasteiger partial charge in [0.05, 0.1) is 6.67 Å². The zero-order valence-electron chi connectivity index (χ0n) is 12.9. The predicted octanol–water partition coefficient (Wildman–Crippen LogP) is 3.00. The van der Waals surface area contributed by atoms with Gasteiger partial charge in [0.2, 0.25) is 5.91 Å². The minimum atomic E-state index is -0.279. The van der Waals surface area contributed by atoms with Crippen molar-refractivity contribution in [2.45, 2.75) is 52.4 Å². The van der Waals surface area contributed by atoms with Gasteiger partial charge in [-0.25, -0.2) is 0 Å². The Morgan fingerprint density at radius 3 is 2.53 bits per heavy atom. The summed E-state index contributed by atoms with van der Waals surface area (Å²) < 4.78 is 12.0. The van der Waals surface area contributed by atoms with Crippen molar-refractivity contribution in [2.24, 2.45) is 5.92 Å². The first kappa shape index (κ1) is 18.4. The fourth-order valence-electron chi connectivity index (χ4n) is 1.95. The highest BCUT2D eigenvalue weighted by atomic mass is 19.1. The van der Waals surface area contributed by atoms with Gasteiger partial charge in [-0.1, -0.05) is 26.7 Å². The van der Waals surface area contributed by atoms with E-state index in [0.29, 0.717) is 6.42 Å². The van der Waals surface area contributed by atoms with Crippen LogP contribution in [0.3, 0.4) is 0 Å². The number of hydrogen-bond acceptors (Lipinski definition) is 2. The molecule has 0 spiro atoms. The Kier molecular flexibility index (Phi) is 12.0. The lowest BCUT2D eigenvalue weighted by Gasteiger charge is -2.16. The Morgan fingerprint density at radius 2 is 1.89 bits per heavy atom. The molecule has 114 valence electrons. The summed E-state index contributed by atoms with van der Waals surface area (Å²) in [5, 5.41) is 2.96. The first-order valence-corrected chi connectivity index (χ1v) is 7.64. The zero-order valence-corrected chi connectivity index (χ0v) is 12.9. The molecule has 0 aliphatic heterocycles. The van der Waals surface area contributed by atoms with Gasteiger partial charge in [-0.05, 0) is 45.8 Å². The quantitative estimate of drug-likeness (QED) is 0.555. The van der Waals surface area contributed by atoms with Gasteiger partial charge in [0.1, 0.15) is 0 Å². The Morgan fingerprint density at radius 1 is 1.21 bits per heavy atom. The minimum absolute atomic E-state index is 0.00405. The summed E-state index contributed by atoms with van der Waals surface area (Å²) in [4.78, 5) is 14.0. The van der Waals surface area contributed by atoms with Crippen LogP contribution in [-0.2, 0) is 4.79 Å². The first-order valence-electron chi connectivity index (χ1n) is 7.64. The van der Waals surface area contributed by atoms with Crippen LogP contribution >= 0.6 is 0 Å². The molecular weight excluding hydrogens is 243 g/mol. The lowest BCUT2D eigenvalue weighted by Crippen LogP contribution is -2.32. The summed E-state index contributed by atoms with van der Waals surface area (Å²) >= 11 is 0. The van der Waals surface area contributed by atoms with Crippen molar-refractivity contribution in [3.8, 4) is 0 Å². The predicted molar refractivity (Wildman–Crippen MR) is 79.0 cm³/mol. The van der Waals surface area contributed by atoms with E-state index in [4.69, 9.17) is 0 Å². The number of hydrogen-bond donors (Lipinski definition) is 1. The minimum Gasteiger partial charge on any atom is -0.356 e. The second kappa shape index (κ2) is 12.4. The van der Waals surface area contributed by atoms with Crippen molar-refractivity contribution < 1.29 is 9.18 Å². The first-order chi connectivity index (χ1) is 9.11. The fourth-order valence-corrected chi connectivity index (χ4v) is 1.95. The average molecular weight is 274 g/mol. The summed E-state index contributed by atoms with van der Waals surface area (Å²) in [5.74, 6) is 0.111. The van der Waals surface area contributed by atoms with Gasteiger partial charge in [-0.15, -0.1) is 0 Å². The van der Waals surface area contributed by atoms with Crippen LogP contribution in [0.15, 0.2) is 0 Å². The maximum atomic E-state index is 12.0. The number of carbonyl (C=O) groups excluding carboxylic acids is 1. The molecule has 0 aliphatic carbocycles. The molecule has 3 nitrogen and oxygen atoms in total.